The average Bonchev–Trinajstić information content (AvgIpc) is 3.44. The van der Waals surface area contributed by atoms with Gasteiger partial charge in [-0.25, -0.2) is 4.79 Å². The number of benzene rings is 2. The van der Waals surface area contributed by atoms with Gasteiger partial charge in [0.25, 0.3) is 0 Å². The van der Waals surface area contributed by atoms with Gasteiger partial charge in [-0.05, 0) is 34.6 Å². The van der Waals surface area contributed by atoms with Crippen molar-refractivity contribution in [2.75, 3.05) is 26.4 Å². The summed E-state index contributed by atoms with van der Waals surface area (Å²) in [5, 5.41) is 9.58. The lowest BCUT2D eigenvalue weighted by Gasteiger charge is -2.23. The smallest absolute Gasteiger partial charge is 0.410 e. The Hall–Kier alpha value is -2.37. The maximum Gasteiger partial charge on any atom is 0.410 e. The summed E-state index contributed by atoms with van der Waals surface area (Å²) in [6.07, 6.45) is 0.585. The van der Waals surface area contributed by atoms with E-state index in [0.29, 0.717) is 19.8 Å². The lowest BCUT2D eigenvalue weighted by Crippen LogP contribution is -2.38. The Labute approximate surface area is 171 Å². The zero-order valence-corrected chi connectivity index (χ0v) is 16.7. The van der Waals surface area contributed by atoms with Crippen LogP contribution in [0.1, 0.15) is 30.4 Å². The number of carbonyl (C=O) groups is 1. The highest BCUT2D eigenvalue weighted by molar-refractivity contribution is 5.79. The summed E-state index contributed by atoms with van der Waals surface area (Å²) in [5.74, 6) is 0.330. The molecule has 2 heterocycles. The van der Waals surface area contributed by atoms with Crippen LogP contribution >= 0.6 is 0 Å². The summed E-state index contributed by atoms with van der Waals surface area (Å²) in [5.41, 5.74) is 4.89. The molecule has 0 aromatic heterocycles. The molecule has 3 aliphatic rings. The van der Waals surface area contributed by atoms with Crippen molar-refractivity contribution in [3.8, 4) is 11.1 Å². The first-order valence-electron chi connectivity index (χ1n) is 10.5. The molecule has 4 unspecified atom stereocenters. The van der Waals surface area contributed by atoms with Crippen LogP contribution in [0.5, 0.6) is 0 Å². The zero-order valence-electron chi connectivity index (χ0n) is 16.7. The first-order chi connectivity index (χ1) is 14.2. The van der Waals surface area contributed by atoms with E-state index in [1.165, 1.54) is 22.3 Å². The van der Waals surface area contributed by atoms with Crippen molar-refractivity contribution < 1.29 is 19.4 Å². The fourth-order valence-corrected chi connectivity index (χ4v) is 5.33. The molecule has 5 rings (SSSR count). The molecule has 0 bridgehead atoms. The zero-order chi connectivity index (χ0) is 20.0. The Morgan fingerprint density at radius 2 is 1.83 bits per heavy atom. The van der Waals surface area contributed by atoms with Crippen molar-refractivity contribution in [3.05, 3.63) is 59.7 Å². The number of aliphatic hydroxyl groups is 1. The normalized spacial score (nSPS) is 26.1. The van der Waals surface area contributed by atoms with Crippen LogP contribution in [-0.4, -0.2) is 54.6 Å². The minimum absolute atomic E-state index is 0.0117. The second-order valence-corrected chi connectivity index (χ2v) is 8.47. The fraction of sp³-hybridized carbons (Fsp3) is 0.458. The van der Waals surface area contributed by atoms with Gasteiger partial charge in [0.15, 0.2) is 0 Å². The summed E-state index contributed by atoms with van der Waals surface area (Å²) < 4.78 is 11.8. The highest BCUT2D eigenvalue weighted by atomic mass is 16.6. The standard InChI is InChI=1S/C24H27NO4/c1-15(13-26)20-12-25(22-10-11-28-23(20)22)24(27)29-14-21-18-8-4-2-6-16(18)17-7-3-5-9-19(17)21/h2-9,15,20-23,26H,10-14H2,1H3. The Kier molecular flexibility index (Phi) is 4.80. The second kappa shape index (κ2) is 7.47. The van der Waals surface area contributed by atoms with E-state index in [2.05, 4.69) is 36.4 Å². The Balaban J connectivity index is 1.33. The number of amides is 1. The van der Waals surface area contributed by atoms with Crippen molar-refractivity contribution in [1.29, 1.82) is 0 Å². The van der Waals surface area contributed by atoms with Crippen molar-refractivity contribution in [2.24, 2.45) is 11.8 Å². The van der Waals surface area contributed by atoms with Gasteiger partial charge in [-0.3, -0.25) is 0 Å². The summed E-state index contributed by atoms with van der Waals surface area (Å²) in [7, 11) is 0. The van der Waals surface area contributed by atoms with Crippen LogP contribution in [0.15, 0.2) is 48.5 Å². The molecule has 2 aromatic carbocycles. The summed E-state index contributed by atoms with van der Waals surface area (Å²) in [4.78, 5) is 14.8. The number of aliphatic hydroxyl groups excluding tert-OH is 1. The number of nitrogens with zero attached hydrogens (tertiary/aromatic N) is 1. The molecule has 0 saturated carbocycles. The van der Waals surface area contributed by atoms with Crippen LogP contribution < -0.4 is 0 Å². The maximum absolute atomic E-state index is 13.0. The number of hydrogen-bond donors (Lipinski definition) is 1. The van der Waals surface area contributed by atoms with Gasteiger partial charge in [-0.15, -0.1) is 0 Å². The van der Waals surface area contributed by atoms with Gasteiger partial charge in [0.05, 0.1) is 12.1 Å². The van der Waals surface area contributed by atoms with Gasteiger partial charge < -0.3 is 19.5 Å². The monoisotopic (exact) mass is 393 g/mol. The molecular weight excluding hydrogens is 366 g/mol. The van der Waals surface area contributed by atoms with Crippen LogP contribution in [0.2, 0.25) is 0 Å². The summed E-state index contributed by atoms with van der Waals surface area (Å²) >= 11 is 0. The minimum Gasteiger partial charge on any atom is -0.448 e. The van der Waals surface area contributed by atoms with E-state index in [9.17, 15) is 9.90 Å². The molecule has 2 aliphatic heterocycles. The minimum atomic E-state index is -0.264. The molecule has 2 aromatic rings. The molecule has 4 atom stereocenters. The molecule has 0 radical (unpaired) electrons. The number of fused-ring (bicyclic) bond motifs is 4. The van der Waals surface area contributed by atoms with E-state index in [1.54, 1.807) is 0 Å². The maximum atomic E-state index is 13.0. The molecule has 2 fully saturated rings. The van der Waals surface area contributed by atoms with Gasteiger partial charge in [-0.1, -0.05) is 55.5 Å². The van der Waals surface area contributed by atoms with Crippen molar-refractivity contribution in [2.45, 2.75) is 31.4 Å². The number of hydrogen-bond acceptors (Lipinski definition) is 4. The van der Waals surface area contributed by atoms with Crippen molar-refractivity contribution in [3.63, 3.8) is 0 Å². The van der Waals surface area contributed by atoms with Crippen LogP contribution in [0, 0.1) is 11.8 Å². The molecule has 0 spiro atoms. The molecule has 1 N–H and O–H groups in total. The van der Waals surface area contributed by atoms with Gasteiger partial charge >= 0.3 is 6.09 Å². The number of likely N-dealkylation sites (tertiary alicyclic amines) is 1. The third kappa shape index (κ3) is 3.04. The molecule has 1 amide bonds. The molecule has 5 nitrogen and oxygen atoms in total. The van der Waals surface area contributed by atoms with E-state index in [-0.39, 0.29) is 42.6 Å². The number of carbonyl (C=O) groups excluding carboxylic acids is 1. The Morgan fingerprint density at radius 1 is 1.17 bits per heavy atom. The van der Waals surface area contributed by atoms with E-state index in [0.717, 1.165) is 6.42 Å². The molecule has 29 heavy (non-hydrogen) atoms. The van der Waals surface area contributed by atoms with Gasteiger partial charge in [-0.2, -0.15) is 0 Å². The van der Waals surface area contributed by atoms with Crippen LogP contribution in [0.25, 0.3) is 11.1 Å². The Bertz CT molecular complexity index is 868. The van der Waals surface area contributed by atoms with E-state index >= 15 is 0 Å². The average molecular weight is 393 g/mol. The quantitative estimate of drug-likeness (QED) is 0.861. The predicted octanol–water partition coefficient (Wildman–Crippen LogP) is 3.65. The van der Waals surface area contributed by atoms with Crippen molar-refractivity contribution >= 4 is 6.09 Å². The predicted molar refractivity (Wildman–Crippen MR) is 110 cm³/mol. The number of rotatable bonds is 4. The lowest BCUT2D eigenvalue weighted by atomic mass is 9.90. The fourth-order valence-electron chi connectivity index (χ4n) is 5.33. The highest BCUT2D eigenvalue weighted by Gasteiger charge is 2.49. The van der Waals surface area contributed by atoms with E-state index in [4.69, 9.17) is 9.47 Å². The second-order valence-electron chi connectivity index (χ2n) is 8.47. The van der Waals surface area contributed by atoms with Gasteiger partial charge in [0.2, 0.25) is 0 Å². The third-order valence-corrected chi connectivity index (χ3v) is 6.92. The molecular formula is C24H27NO4. The third-order valence-electron chi connectivity index (χ3n) is 6.92. The summed E-state index contributed by atoms with van der Waals surface area (Å²) in [6.45, 7) is 3.72. The van der Waals surface area contributed by atoms with Crippen molar-refractivity contribution in [1.82, 2.24) is 4.90 Å². The van der Waals surface area contributed by atoms with Gasteiger partial charge in [0, 0.05) is 31.6 Å². The van der Waals surface area contributed by atoms with E-state index < -0.39 is 0 Å². The molecule has 5 heteroatoms. The Morgan fingerprint density at radius 3 is 2.48 bits per heavy atom. The molecule has 1 aliphatic carbocycles. The molecule has 2 saturated heterocycles. The highest BCUT2D eigenvalue weighted by Crippen LogP contribution is 2.45. The number of ether oxygens (including phenoxy) is 2. The topological polar surface area (TPSA) is 59.0 Å². The largest absolute Gasteiger partial charge is 0.448 e. The van der Waals surface area contributed by atoms with Gasteiger partial charge in [0.1, 0.15) is 6.61 Å². The van der Waals surface area contributed by atoms with Crippen LogP contribution in [0.3, 0.4) is 0 Å². The first kappa shape index (κ1) is 18.6. The van der Waals surface area contributed by atoms with Crippen LogP contribution in [-0.2, 0) is 9.47 Å². The molecule has 152 valence electrons. The lowest BCUT2D eigenvalue weighted by molar-refractivity contribution is 0.0440. The summed E-state index contributed by atoms with van der Waals surface area (Å²) in [6, 6.07) is 16.8. The van der Waals surface area contributed by atoms with Crippen LogP contribution in [0.4, 0.5) is 4.79 Å². The SMILES string of the molecule is CC(CO)C1CN(C(=O)OCC2c3ccccc3-c3ccccc32)C2CCOC12. The first-order valence-corrected chi connectivity index (χ1v) is 10.5. The van der Waals surface area contributed by atoms with E-state index in [1.807, 2.05) is 24.0 Å².